The summed E-state index contributed by atoms with van der Waals surface area (Å²) >= 11 is 3.36. The van der Waals surface area contributed by atoms with E-state index in [0.717, 1.165) is 10.0 Å². The van der Waals surface area contributed by atoms with Crippen molar-refractivity contribution >= 4 is 39.7 Å². The van der Waals surface area contributed by atoms with Crippen LogP contribution in [0.3, 0.4) is 0 Å². The van der Waals surface area contributed by atoms with E-state index in [1.807, 2.05) is 24.3 Å². The first-order valence-corrected chi connectivity index (χ1v) is 7.56. The van der Waals surface area contributed by atoms with Crippen LogP contribution in [0.5, 0.6) is 0 Å². The highest BCUT2D eigenvalue weighted by atomic mass is 79.9. The Morgan fingerprint density at radius 1 is 1.04 bits per heavy atom. The van der Waals surface area contributed by atoms with E-state index in [-0.39, 0.29) is 6.03 Å². The normalized spacial score (nSPS) is 10.3. The number of hydrogen-bond donors (Lipinski definition) is 2. The summed E-state index contributed by atoms with van der Waals surface area (Å²) in [5.74, 6) is -0.418. The third-order valence-electron chi connectivity index (χ3n) is 2.92. The summed E-state index contributed by atoms with van der Waals surface area (Å²) in [4.78, 5) is 23.1. The second kappa shape index (κ2) is 8.14. The van der Waals surface area contributed by atoms with Gasteiger partial charge in [-0.05, 0) is 48.0 Å². The number of amides is 2. The van der Waals surface area contributed by atoms with E-state index >= 15 is 0 Å². The molecular formula is C17H15BrN2O3. The van der Waals surface area contributed by atoms with Crippen LogP contribution >= 0.6 is 15.9 Å². The quantitative estimate of drug-likeness (QED) is 0.793. The van der Waals surface area contributed by atoms with Crippen LogP contribution in [0.2, 0.25) is 0 Å². The first kappa shape index (κ1) is 16.8. The lowest BCUT2D eigenvalue weighted by Crippen LogP contribution is -2.23. The van der Waals surface area contributed by atoms with Crippen molar-refractivity contribution in [1.82, 2.24) is 5.32 Å². The molecule has 0 heterocycles. The van der Waals surface area contributed by atoms with Gasteiger partial charge in [0, 0.05) is 16.4 Å². The Morgan fingerprint density at radius 3 is 2.30 bits per heavy atom. The summed E-state index contributed by atoms with van der Waals surface area (Å²) in [7, 11) is 1.32. The predicted octanol–water partition coefficient (Wildman–Crippen LogP) is 4.03. The largest absolute Gasteiger partial charge is 0.465 e. The lowest BCUT2D eigenvalue weighted by molar-refractivity contribution is 0.0601. The molecule has 2 aromatic carbocycles. The average Bonchev–Trinajstić information content (AvgIpc) is 2.56. The maximum absolute atomic E-state index is 11.8. The topological polar surface area (TPSA) is 67.4 Å². The highest BCUT2D eigenvalue weighted by molar-refractivity contribution is 9.10. The summed E-state index contributed by atoms with van der Waals surface area (Å²) < 4.78 is 5.61. The molecule has 0 aliphatic heterocycles. The van der Waals surface area contributed by atoms with Gasteiger partial charge in [-0.1, -0.05) is 28.1 Å². The second-order valence-corrected chi connectivity index (χ2v) is 5.47. The monoisotopic (exact) mass is 374 g/mol. The molecule has 5 nitrogen and oxygen atoms in total. The second-order valence-electron chi connectivity index (χ2n) is 4.55. The fourth-order valence-electron chi connectivity index (χ4n) is 1.76. The number of carbonyl (C=O) groups is 2. The zero-order valence-electron chi connectivity index (χ0n) is 12.4. The molecule has 0 aliphatic rings. The van der Waals surface area contributed by atoms with Gasteiger partial charge in [-0.25, -0.2) is 9.59 Å². The van der Waals surface area contributed by atoms with Crippen molar-refractivity contribution in [3.63, 3.8) is 0 Å². The molecular weight excluding hydrogens is 360 g/mol. The maximum Gasteiger partial charge on any atom is 0.337 e. The van der Waals surface area contributed by atoms with E-state index in [4.69, 9.17) is 0 Å². The molecule has 2 amide bonds. The number of hydrogen-bond acceptors (Lipinski definition) is 3. The number of rotatable bonds is 4. The zero-order valence-corrected chi connectivity index (χ0v) is 14.0. The zero-order chi connectivity index (χ0) is 16.7. The van der Waals surface area contributed by atoms with Crippen LogP contribution < -0.4 is 10.6 Å². The minimum absolute atomic E-state index is 0.371. The summed E-state index contributed by atoms with van der Waals surface area (Å²) in [6.07, 6.45) is 3.34. The molecule has 2 N–H and O–H groups in total. The Hall–Kier alpha value is -2.60. The van der Waals surface area contributed by atoms with Crippen molar-refractivity contribution < 1.29 is 14.3 Å². The number of anilines is 1. The number of ether oxygens (including phenoxy) is 1. The third kappa shape index (κ3) is 5.27. The van der Waals surface area contributed by atoms with Gasteiger partial charge in [0.2, 0.25) is 0 Å². The fraction of sp³-hybridized carbons (Fsp3) is 0.0588. The van der Waals surface area contributed by atoms with Crippen LogP contribution in [-0.2, 0) is 4.74 Å². The van der Waals surface area contributed by atoms with Gasteiger partial charge in [0.25, 0.3) is 0 Å². The van der Waals surface area contributed by atoms with E-state index in [2.05, 4.69) is 31.3 Å². The van der Waals surface area contributed by atoms with E-state index in [9.17, 15) is 9.59 Å². The van der Waals surface area contributed by atoms with Crippen LogP contribution in [0.25, 0.3) is 6.08 Å². The summed E-state index contributed by atoms with van der Waals surface area (Å²) in [6, 6.07) is 13.7. The Labute approximate surface area is 142 Å². The summed E-state index contributed by atoms with van der Waals surface area (Å²) in [5.41, 5.74) is 1.97. The fourth-order valence-corrected chi connectivity index (χ4v) is 2.03. The molecule has 0 radical (unpaired) electrons. The Morgan fingerprint density at radius 2 is 1.70 bits per heavy atom. The average molecular weight is 375 g/mol. The molecule has 6 heteroatoms. The Balaban J connectivity index is 1.87. The van der Waals surface area contributed by atoms with Crippen molar-refractivity contribution in [2.45, 2.75) is 0 Å². The van der Waals surface area contributed by atoms with E-state index in [0.29, 0.717) is 11.3 Å². The molecule has 0 aliphatic carbocycles. The predicted molar refractivity (Wildman–Crippen MR) is 93.1 cm³/mol. The highest BCUT2D eigenvalue weighted by Crippen LogP contribution is 2.12. The minimum Gasteiger partial charge on any atom is -0.465 e. The third-order valence-corrected chi connectivity index (χ3v) is 3.45. The van der Waals surface area contributed by atoms with Gasteiger partial charge < -0.3 is 15.4 Å². The van der Waals surface area contributed by atoms with Gasteiger partial charge in [-0.3, -0.25) is 0 Å². The van der Waals surface area contributed by atoms with Crippen LogP contribution in [0.1, 0.15) is 15.9 Å². The van der Waals surface area contributed by atoms with Gasteiger partial charge >= 0.3 is 12.0 Å². The molecule has 2 rings (SSSR count). The lowest BCUT2D eigenvalue weighted by Gasteiger charge is -2.05. The molecule has 0 atom stereocenters. The summed E-state index contributed by atoms with van der Waals surface area (Å²) in [5, 5.41) is 5.27. The molecule has 0 fully saturated rings. The van der Waals surface area contributed by atoms with Crippen molar-refractivity contribution in [3.05, 3.63) is 70.3 Å². The Bertz CT molecular complexity index is 710. The number of urea groups is 1. The number of nitrogens with one attached hydrogen (secondary N) is 2. The number of methoxy groups -OCH3 is 1. The van der Waals surface area contributed by atoms with E-state index < -0.39 is 5.97 Å². The van der Waals surface area contributed by atoms with Gasteiger partial charge in [0.1, 0.15) is 0 Å². The maximum atomic E-state index is 11.8. The smallest absolute Gasteiger partial charge is 0.337 e. The van der Waals surface area contributed by atoms with Crippen molar-refractivity contribution in [3.8, 4) is 0 Å². The van der Waals surface area contributed by atoms with E-state index in [1.165, 1.54) is 7.11 Å². The molecule has 0 spiro atoms. The highest BCUT2D eigenvalue weighted by Gasteiger charge is 2.05. The van der Waals surface area contributed by atoms with Crippen LogP contribution in [0, 0.1) is 0 Å². The van der Waals surface area contributed by atoms with Crippen molar-refractivity contribution in [2.24, 2.45) is 0 Å². The molecule has 0 bridgehead atoms. The minimum atomic E-state index is -0.418. The molecule has 23 heavy (non-hydrogen) atoms. The standard InChI is InChI=1S/C17H15BrN2O3/c1-23-16(21)13-4-8-15(9-5-13)20-17(22)19-11-10-12-2-6-14(18)7-3-12/h2-11H,1H3,(H2,19,20,22)/b11-10+. The molecule has 0 saturated carbocycles. The molecule has 0 saturated heterocycles. The van der Waals surface area contributed by atoms with Crippen molar-refractivity contribution in [1.29, 1.82) is 0 Å². The van der Waals surface area contributed by atoms with Crippen LogP contribution in [-0.4, -0.2) is 19.1 Å². The van der Waals surface area contributed by atoms with Gasteiger partial charge in [0.05, 0.1) is 12.7 Å². The molecule has 0 aromatic heterocycles. The SMILES string of the molecule is COC(=O)c1ccc(NC(=O)N/C=C/c2ccc(Br)cc2)cc1. The van der Waals surface area contributed by atoms with Crippen LogP contribution in [0.15, 0.2) is 59.2 Å². The number of carbonyl (C=O) groups excluding carboxylic acids is 2. The molecule has 0 unspecified atom stereocenters. The first-order chi connectivity index (χ1) is 11.1. The number of benzene rings is 2. The summed E-state index contributed by atoms with van der Waals surface area (Å²) in [6.45, 7) is 0. The Kier molecular flexibility index (Phi) is 5.94. The van der Waals surface area contributed by atoms with Crippen molar-refractivity contribution in [2.75, 3.05) is 12.4 Å². The van der Waals surface area contributed by atoms with Crippen LogP contribution in [0.4, 0.5) is 10.5 Å². The molecule has 118 valence electrons. The van der Waals surface area contributed by atoms with Gasteiger partial charge in [-0.2, -0.15) is 0 Å². The first-order valence-electron chi connectivity index (χ1n) is 6.76. The number of halogens is 1. The van der Waals surface area contributed by atoms with Gasteiger partial charge in [0.15, 0.2) is 0 Å². The van der Waals surface area contributed by atoms with Gasteiger partial charge in [-0.15, -0.1) is 0 Å². The number of esters is 1. The molecule has 2 aromatic rings. The lowest BCUT2D eigenvalue weighted by atomic mass is 10.2. The van der Waals surface area contributed by atoms with E-state index in [1.54, 1.807) is 36.5 Å².